The molecule has 1 fully saturated rings. The van der Waals surface area contributed by atoms with Gasteiger partial charge in [-0.3, -0.25) is 4.90 Å². The summed E-state index contributed by atoms with van der Waals surface area (Å²) in [6.07, 6.45) is -5.23. The van der Waals surface area contributed by atoms with Gasteiger partial charge < -0.3 is 15.7 Å². The van der Waals surface area contributed by atoms with Gasteiger partial charge in [0.05, 0.1) is 5.56 Å². The topological polar surface area (TPSA) is 47.5 Å². The first-order valence-electron chi connectivity index (χ1n) is 6.03. The van der Waals surface area contributed by atoms with Crippen LogP contribution in [0.15, 0.2) is 24.3 Å². The summed E-state index contributed by atoms with van der Waals surface area (Å²) < 4.78 is 37.2. The number of benzene rings is 1. The summed E-state index contributed by atoms with van der Waals surface area (Å²) in [5.74, 6) is 0. The molecule has 106 valence electrons. The number of hydrogen-bond donors (Lipinski definition) is 3. The predicted molar refractivity (Wildman–Crippen MR) is 65.5 cm³/mol. The van der Waals surface area contributed by atoms with Crippen molar-refractivity contribution in [2.24, 2.45) is 0 Å². The van der Waals surface area contributed by atoms with Gasteiger partial charge in [0.25, 0.3) is 0 Å². The second-order valence-corrected chi connectivity index (χ2v) is 4.38. The summed E-state index contributed by atoms with van der Waals surface area (Å²) in [5, 5.41) is 15.8. The normalized spacial score (nSPS) is 19.2. The lowest BCUT2D eigenvalue weighted by Gasteiger charge is -2.32. The van der Waals surface area contributed by atoms with E-state index in [-0.39, 0.29) is 0 Å². The number of nitrogens with one attached hydrogen (secondary N) is 2. The largest absolute Gasteiger partial charge is 0.416 e. The molecule has 0 bridgehead atoms. The molecule has 1 saturated heterocycles. The summed E-state index contributed by atoms with van der Waals surface area (Å²) in [6, 6.07) is 4.61. The maximum atomic E-state index is 12.4. The van der Waals surface area contributed by atoms with Gasteiger partial charge in [-0.1, -0.05) is 0 Å². The number of rotatable bonds is 3. The quantitative estimate of drug-likeness (QED) is 0.728. The molecule has 1 unspecified atom stereocenters. The van der Waals surface area contributed by atoms with Crippen LogP contribution in [-0.2, 0) is 6.18 Å². The van der Waals surface area contributed by atoms with Crippen molar-refractivity contribution in [3.05, 3.63) is 29.8 Å². The molecule has 1 heterocycles. The second-order valence-electron chi connectivity index (χ2n) is 4.38. The van der Waals surface area contributed by atoms with Crippen LogP contribution in [0.2, 0.25) is 0 Å². The van der Waals surface area contributed by atoms with Crippen molar-refractivity contribution in [1.29, 1.82) is 0 Å². The van der Waals surface area contributed by atoms with E-state index >= 15 is 0 Å². The lowest BCUT2D eigenvalue weighted by Crippen LogP contribution is -2.51. The second kappa shape index (κ2) is 5.77. The maximum Gasteiger partial charge on any atom is 0.416 e. The molecule has 3 N–H and O–H groups in total. The smallest absolute Gasteiger partial charge is 0.361 e. The number of hydrogen-bond acceptors (Lipinski definition) is 4. The fourth-order valence-electron chi connectivity index (χ4n) is 1.92. The number of nitrogens with zero attached hydrogens (tertiary/aromatic N) is 1. The minimum absolute atomic E-state index is 0.457. The van der Waals surface area contributed by atoms with E-state index in [0.717, 1.165) is 25.2 Å². The molecule has 1 atom stereocenters. The first-order chi connectivity index (χ1) is 8.97. The third kappa shape index (κ3) is 3.82. The van der Waals surface area contributed by atoms with E-state index in [2.05, 4.69) is 10.6 Å². The van der Waals surface area contributed by atoms with Crippen LogP contribution in [0.4, 0.5) is 18.9 Å². The van der Waals surface area contributed by atoms with Gasteiger partial charge >= 0.3 is 6.18 Å². The van der Waals surface area contributed by atoms with Crippen LogP contribution in [0.5, 0.6) is 0 Å². The molecule has 1 aliphatic rings. The molecule has 19 heavy (non-hydrogen) atoms. The standard InChI is InChI=1S/C12H16F3N3O/c13-12(14,15)9-1-3-10(4-2-9)17-11(19)18-7-5-16-6-8-18/h1-4,11,16-17,19H,5-8H2. The zero-order valence-electron chi connectivity index (χ0n) is 10.2. The molecule has 0 aliphatic carbocycles. The molecule has 1 aliphatic heterocycles. The van der Waals surface area contributed by atoms with E-state index < -0.39 is 18.1 Å². The van der Waals surface area contributed by atoms with E-state index in [1.165, 1.54) is 12.1 Å². The third-order valence-electron chi connectivity index (χ3n) is 3.01. The number of aliphatic hydroxyl groups is 1. The molecule has 0 amide bonds. The first kappa shape index (κ1) is 14.1. The summed E-state index contributed by atoms with van der Waals surface area (Å²) in [5.41, 5.74) is -0.242. The van der Waals surface area contributed by atoms with Crippen LogP contribution >= 0.6 is 0 Å². The van der Waals surface area contributed by atoms with E-state index in [9.17, 15) is 18.3 Å². The molecule has 0 radical (unpaired) electrons. The molecule has 1 aromatic carbocycles. The van der Waals surface area contributed by atoms with Crippen molar-refractivity contribution in [3.63, 3.8) is 0 Å². The van der Waals surface area contributed by atoms with Crippen LogP contribution in [0, 0.1) is 0 Å². The summed E-state index contributed by atoms with van der Waals surface area (Å²) >= 11 is 0. The average Bonchev–Trinajstić information content (AvgIpc) is 2.39. The van der Waals surface area contributed by atoms with Crippen molar-refractivity contribution >= 4 is 5.69 Å². The van der Waals surface area contributed by atoms with Crippen LogP contribution in [-0.4, -0.2) is 42.5 Å². The minimum Gasteiger partial charge on any atom is -0.361 e. The molecule has 0 aromatic heterocycles. The highest BCUT2D eigenvalue weighted by Gasteiger charge is 2.30. The lowest BCUT2D eigenvalue weighted by atomic mass is 10.2. The predicted octanol–water partition coefficient (Wildman–Crippen LogP) is 1.30. The highest BCUT2D eigenvalue weighted by Crippen LogP contribution is 2.29. The molecular formula is C12H16F3N3O. The molecule has 1 aromatic rings. The molecule has 0 saturated carbocycles. The summed E-state index contributed by atoms with van der Waals surface area (Å²) in [6.45, 7) is 2.95. The van der Waals surface area contributed by atoms with Crippen molar-refractivity contribution < 1.29 is 18.3 Å². The lowest BCUT2D eigenvalue weighted by molar-refractivity contribution is -0.137. The molecule has 7 heteroatoms. The monoisotopic (exact) mass is 275 g/mol. The molecule has 4 nitrogen and oxygen atoms in total. The van der Waals surface area contributed by atoms with Crippen molar-refractivity contribution in [2.75, 3.05) is 31.5 Å². The van der Waals surface area contributed by atoms with Crippen molar-refractivity contribution in [1.82, 2.24) is 10.2 Å². The van der Waals surface area contributed by atoms with E-state index in [0.29, 0.717) is 18.8 Å². The Kier molecular flexibility index (Phi) is 4.28. The molecule has 0 spiro atoms. The first-order valence-corrected chi connectivity index (χ1v) is 6.03. The van der Waals surface area contributed by atoms with Gasteiger partial charge in [0, 0.05) is 31.9 Å². The average molecular weight is 275 g/mol. The van der Waals surface area contributed by atoms with Gasteiger partial charge in [-0.2, -0.15) is 13.2 Å². The SMILES string of the molecule is OC(Nc1ccc(C(F)(F)F)cc1)N1CCNCC1. The number of halogens is 3. The Morgan fingerprint density at radius 2 is 1.74 bits per heavy atom. The number of alkyl halides is 3. The van der Waals surface area contributed by atoms with Crippen LogP contribution < -0.4 is 10.6 Å². The summed E-state index contributed by atoms with van der Waals surface area (Å²) in [7, 11) is 0. The van der Waals surface area contributed by atoms with E-state index in [4.69, 9.17) is 0 Å². The summed E-state index contributed by atoms with van der Waals surface area (Å²) in [4.78, 5) is 1.81. The zero-order valence-corrected chi connectivity index (χ0v) is 10.2. The highest BCUT2D eigenvalue weighted by atomic mass is 19.4. The maximum absolute atomic E-state index is 12.4. The van der Waals surface area contributed by atoms with Crippen LogP contribution in [0.1, 0.15) is 5.56 Å². The Labute approximate surface area is 109 Å². The molecule has 2 rings (SSSR count). The Balaban J connectivity index is 1.95. The van der Waals surface area contributed by atoms with Gasteiger partial charge in [0.15, 0.2) is 6.35 Å². The Morgan fingerprint density at radius 3 is 2.26 bits per heavy atom. The van der Waals surface area contributed by atoms with Crippen molar-refractivity contribution in [3.8, 4) is 0 Å². The minimum atomic E-state index is -4.34. The number of anilines is 1. The van der Waals surface area contributed by atoms with Gasteiger partial charge in [0.1, 0.15) is 0 Å². The van der Waals surface area contributed by atoms with Gasteiger partial charge in [-0.15, -0.1) is 0 Å². The Hall–Kier alpha value is -1.31. The van der Waals surface area contributed by atoms with Gasteiger partial charge in [-0.05, 0) is 24.3 Å². The van der Waals surface area contributed by atoms with Crippen LogP contribution in [0.3, 0.4) is 0 Å². The Bertz CT molecular complexity index is 402. The van der Waals surface area contributed by atoms with E-state index in [1.807, 2.05) is 4.90 Å². The third-order valence-corrected chi connectivity index (χ3v) is 3.01. The highest BCUT2D eigenvalue weighted by molar-refractivity contribution is 5.45. The van der Waals surface area contributed by atoms with E-state index in [1.54, 1.807) is 0 Å². The van der Waals surface area contributed by atoms with Crippen molar-refractivity contribution in [2.45, 2.75) is 12.5 Å². The number of aliphatic hydroxyl groups excluding tert-OH is 1. The van der Waals surface area contributed by atoms with Gasteiger partial charge in [-0.25, -0.2) is 0 Å². The number of piperazine rings is 1. The molecular weight excluding hydrogens is 259 g/mol. The fourth-order valence-corrected chi connectivity index (χ4v) is 1.92. The van der Waals surface area contributed by atoms with Crippen LogP contribution in [0.25, 0.3) is 0 Å². The fraction of sp³-hybridized carbons (Fsp3) is 0.500. The zero-order chi connectivity index (χ0) is 13.9. The Morgan fingerprint density at radius 1 is 1.16 bits per heavy atom. The van der Waals surface area contributed by atoms with Gasteiger partial charge in [0.2, 0.25) is 0 Å².